The Kier molecular flexibility index (Phi) is 2.62. The monoisotopic (exact) mass is 215 g/mol. The van der Waals surface area contributed by atoms with Gasteiger partial charge in [0.05, 0.1) is 5.52 Å². The Morgan fingerprint density at radius 2 is 2.25 bits per heavy atom. The Hall–Kier alpha value is -1.35. The molecule has 0 aliphatic carbocycles. The number of H-pyrrole nitrogens is 1. The van der Waals surface area contributed by atoms with Crippen LogP contribution >= 0.6 is 0 Å². The highest BCUT2D eigenvalue weighted by Crippen LogP contribution is 2.21. The van der Waals surface area contributed by atoms with Gasteiger partial charge in [-0.25, -0.2) is 0 Å². The summed E-state index contributed by atoms with van der Waals surface area (Å²) in [5.74, 6) is 0.762. The normalized spacial score (nSPS) is 21.4. The van der Waals surface area contributed by atoms with Gasteiger partial charge in [-0.05, 0) is 44.3 Å². The minimum atomic E-state index is 0.762. The second kappa shape index (κ2) is 4.26. The van der Waals surface area contributed by atoms with E-state index in [2.05, 4.69) is 33.7 Å². The number of hydrogen-bond acceptors (Lipinski definition) is 2. The molecule has 84 valence electrons. The molecule has 1 aliphatic heterocycles. The smallest absolute Gasteiger partial charge is 0.0923 e. The van der Waals surface area contributed by atoms with E-state index in [4.69, 9.17) is 0 Å². The molecule has 2 aromatic rings. The third-order valence-corrected chi connectivity index (χ3v) is 3.43. The lowest BCUT2D eigenvalue weighted by molar-refractivity contribution is 0.374. The summed E-state index contributed by atoms with van der Waals surface area (Å²) >= 11 is 0. The molecule has 1 aromatic carbocycles. The van der Waals surface area contributed by atoms with Gasteiger partial charge in [0.1, 0.15) is 0 Å². The van der Waals surface area contributed by atoms with Crippen molar-refractivity contribution in [1.29, 1.82) is 0 Å². The number of hydrogen-bond donors (Lipinski definition) is 2. The van der Waals surface area contributed by atoms with E-state index < -0.39 is 0 Å². The Morgan fingerprint density at radius 3 is 3.12 bits per heavy atom. The van der Waals surface area contributed by atoms with Crippen LogP contribution in [0.1, 0.15) is 18.5 Å². The number of aromatic nitrogens is 2. The van der Waals surface area contributed by atoms with Crippen LogP contribution < -0.4 is 5.32 Å². The van der Waals surface area contributed by atoms with Crippen LogP contribution in [0, 0.1) is 5.92 Å². The fraction of sp³-hybridized carbons (Fsp3) is 0.462. The predicted octanol–water partition coefficient (Wildman–Crippen LogP) is 2.10. The predicted molar refractivity (Wildman–Crippen MR) is 65.4 cm³/mol. The zero-order valence-corrected chi connectivity index (χ0v) is 9.37. The summed E-state index contributed by atoms with van der Waals surface area (Å²) in [4.78, 5) is 0. The van der Waals surface area contributed by atoms with Gasteiger partial charge in [0, 0.05) is 11.1 Å². The maximum Gasteiger partial charge on any atom is 0.0923 e. The fourth-order valence-electron chi connectivity index (χ4n) is 2.56. The molecule has 0 spiro atoms. The molecule has 0 saturated carbocycles. The fourth-order valence-corrected chi connectivity index (χ4v) is 2.56. The summed E-state index contributed by atoms with van der Waals surface area (Å²) in [5.41, 5.74) is 2.38. The van der Waals surface area contributed by atoms with Crippen molar-refractivity contribution in [2.75, 3.05) is 13.1 Å². The minimum absolute atomic E-state index is 0.762. The van der Waals surface area contributed by atoms with Crippen molar-refractivity contribution in [3.63, 3.8) is 0 Å². The van der Waals surface area contributed by atoms with Gasteiger partial charge in [-0.1, -0.05) is 18.2 Å². The highest BCUT2D eigenvalue weighted by atomic mass is 15.1. The van der Waals surface area contributed by atoms with Gasteiger partial charge in [-0.2, -0.15) is 5.10 Å². The van der Waals surface area contributed by atoms with Crippen molar-refractivity contribution in [3.8, 4) is 0 Å². The van der Waals surface area contributed by atoms with Crippen molar-refractivity contribution in [1.82, 2.24) is 15.5 Å². The third-order valence-electron chi connectivity index (χ3n) is 3.43. The summed E-state index contributed by atoms with van der Waals surface area (Å²) in [5, 5.41) is 12.3. The van der Waals surface area contributed by atoms with Crippen molar-refractivity contribution in [2.45, 2.75) is 19.3 Å². The number of piperidine rings is 1. The molecule has 0 radical (unpaired) electrons. The first kappa shape index (κ1) is 9.85. The molecule has 3 nitrogen and oxygen atoms in total. The first-order chi connectivity index (χ1) is 7.93. The Bertz CT molecular complexity index is 469. The highest BCUT2D eigenvalue weighted by molar-refractivity contribution is 5.81. The van der Waals surface area contributed by atoms with Crippen molar-refractivity contribution in [3.05, 3.63) is 30.0 Å². The number of nitrogens with zero attached hydrogens (tertiary/aromatic N) is 1. The van der Waals surface area contributed by atoms with E-state index in [0.717, 1.165) is 24.4 Å². The molecule has 2 heterocycles. The van der Waals surface area contributed by atoms with E-state index in [1.165, 1.54) is 30.5 Å². The van der Waals surface area contributed by atoms with Crippen LogP contribution in [0.2, 0.25) is 0 Å². The van der Waals surface area contributed by atoms with Crippen molar-refractivity contribution < 1.29 is 0 Å². The van der Waals surface area contributed by atoms with Crippen LogP contribution in [0.4, 0.5) is 0 Å². The van der Waals surface area contributed by atoms with Gasteiger partial charge in [-0.15, -0.1) is 0 Å². The van der Waals surface area contributed by atoms with E-state index in [1.807, 2.05) is 6.07 Å². The molecule has 0 amide bonds. The van der Waals surface area contributed by atoms with Gasteiger partial charge in [0.25, 0.3) is 0 Å². The van der Waals surface area contributed by atoms with Crippen LogP contribution in [-0.2, 0) is 6.42 Å². The van der Waals surface area contributed by atoms with Gasteiger partial charge in [0.15, 0.2) is 0 Å². The lowest BCUT2D eigenvalue weighted by Crippen LogP contribution is -2.30. The number of aromatic amines is 1. The average Bonchev–Trinajstić information content (AvgIpc) is 2.74. The number of rotatable bonds is 2. The molecule has 2 N–H and O–H groups in total. The molecule has 16 heavy (non-hydrogen) atoms. The summed E-state index contributed by atoms with van der Waals surface area (Å²) in [6, 6.07) is 8.34. The summed E-state index contributed by atoms with van der Waals surface area (Å²) in [6.45, 7) is 2.33. The van der Waals surface area contributed by atoms with Crippen molar-refractivity contribution >= 4 is 10.9 Å². The van der Waals surface area contributed by atoms with E-state index in [-0.39, 0.29) is 0 Å². The summed E-state index contributed by atoms with van der Waals surface area (Å²) < 4.78 is 0. The Labute approximate surface area is 95.2 Å². The minimum Gasteiger partial charge on any atom is -0.316 e. The van der Waals surface area contributed by atoms with E-state index >= 15 is 0 Å². The van der Waals surface area contributed by atoms with Gasteiger partial charge in [-0.3, -0.25) is 5.10 Å². The third kappa shape index (κ3) is 1.83. The SMILES string of the molecule is c1ccc2c(CC3CCCNC3)[nH]nc2c1. The lowest BCUT2D eigenvalue weighted by Gasteiger charge is -2.22. The molecular formula is C13H17N3. The molecule has 1 aliphatic rings. The van der Waals surface area contributed by atoms with Crippen LogP contribution in [0.5, 0.6) is 0 Å². The van der Waals surface area contributed by atoms with Gasteiger partial charge in [0.2, 0.25) is 0 Å². The Morgan fingerprint density at radius 1 is 1.31 bits per heavy atom. The molecule has 3 heteroatoms. The van der Waals surface area contributed by atoms with Crippen LogP contribution in [0.15, 0.2) is 24.3 Å². The van der Waals surface area contributed by atoms with Crippen molar-refractivity contribution in [2.24, 2.45) is 5.92 Å². The van der Waals surface area contributed by atoms with E-state index in [0.29, 0.717) is 0 Å². The highest BCUT2D eigenvalue weighted by Gasteiger charge is 2.15. The molecular weight excluding hydrogens is 198 g/mol. The number of para-hydroxylation sites is 1. The molecule has 1 atom stereocenters. The lowest BCUT2D eigenvalue weighted by atomic mass is 9.94. The van der Waals surface area contributed by atoms with Gasteiger partial charge < -0.3 is 5.32 Å². The first-order valence-electron chi connectivity index (χ1n) is 6.06. The molecule has 3 rings (SSSR count). The van der Waals surface area contributed by atoms with E-state index in [1.54, 1.807) is 0 Å². The number of fused-ring (bicyclic) bond motifs is 1. The topological polar surface area (TPSA) is 40.7 Å². The molecule has 0 bridgehead atoms. The zero-order valence-electron chi connectivity index (χ0n) is 9.37. The first-order valence-corrected chi connectivity index (χ1v) is 6.06. The van der Waals surface area contributed by atoms with Crippen LogP contribution in [0.25, 0.3) is 10.9 Å². The number of nitrogens with one attached hydrogen (secondary N) is 2. The molecule has 1 fully saturated rings. The van der Waals surface area contributed by atoms with Crippen LogP contribution in [-0.4, -0.2) is 23.3 Å². The van der Waals surface area contributed by atoms with Gasteiger partial charge >= 0.3 is 0 Å². The average molecular weight is 215 g/mol. The summed E-state index contributed by atoms with van der Waals surface area (Å²) in [7, 11) is 0. The zero-order chi connectivity index (χ0) is 10.8. The van der Waals surface area contributed by atoms with E-state index in [9.17, 15) is 0 Å². The quantitative estimate of drug-likeness (QED) is 0.805. The Balaban J connectivity index is 1.83. The number of benzene rings is 1. The van der Waals surface area contributed by atoms with Crippen LogP contribution in [0.3, 0.4) is 0 Å². The maximum atomic E-state index is 4.34. The molecule has 1 saturated heterocycles. The molecule has 1 unspecified atom stereocenters. The summed E-state index contributed by atoms with van der Waals surface area (Å²) in [6.07, 6.45) is 3.75. The maximum absolute atomic E-state index is 4.34. The second-order valence-corrected chi connectivity index (χ2v) is 4.64. The largest absolute Gasteiger partial charge is 0.316 e. The molecule has 1 aromatic heterocycles. The standard InChI is InChI=1S/C13H17N3/c1-2-6-12-11(5-1)13(16-15-12)8-10-4-3-7-14-9-10/h1-2,5-6,10,14H,3-4,7-9H2,(H,15,16). The second-order valence-electron chi connectivity index (χ2n) is 4.64.